The zero-order valence-electron chi connectivity index (χ0n) is 10.8. The molecule has 3 N–H and O–H groups in total. The van der Waals surface area contributed by atoms with Gasteiger partial charge in [0.2, 0.25) is 0 Å². The molecule has 1 aromatic rings. The van der Waals surface area contributed by atoms with Crippen molar-refractivity contribution in [2.24, 2.45) is 0 Å². The van der Waals surface area contributed by atoms with E-state index < -0.39 is 31.9 Å². The van der Waals surface area contributed by atoms with Gasteiger partial charge in [-0.2, -0.15) is 4.98 Å². The van der Waals surface area contributed by atoms with E-state index in [9.17, 15) is 14.5 Å². The number of aliphatic hydroxyl groups excluding tert-OH is 1. The zero-order valence-corrected chi connectivity index (χ0v) is 11.7. The van der Waals surface area contributed by atoms with Gasteiger partial charge in [-0.1, -0.05) is 0 Å². The highest BCUT2D eigenvalue weighted by Gasteiger charge is 2.46. The van der Waals surface area contributed by atoms with Crippen molar-refractivity contribution in [3.05, 3.63) is 22.7 Å². The first-order valence-electron chi connectivity index (χ1n) is 6.19. The van der Waals surface area contributed by atoms with Crippen molar-refractivity contribution in [1.82, 2.24) is 9.55 Å². The summed E-state index contributed by atoms with van der Waals surface area (Å²) in [7, 11) is -3.64. The van der Waals surface area contributed by atoms with Crippen LogP contribution < -0.4 is 11.4 Å². The van der Waals surface area contributed by atoms with E-state index >= 15 is 0 Å². The van der Waals surface area contributed by atoms with E-state index in [0.29, 0.717) is 0 Å². The number of phosphoric acid groups is 1. The van der Waals surface area contributed by atoms with Gasteiger partial charge in [-0.25, -0.2) is 9.36 Å². The van der Waals surface area contributed by atoms with Crippen LogP contribution in [0.5, 0.6) is 0 Å². The molecule has 10 nitrogen and oxygen atoms in total. The van der Waals surface area contributed by atoms with E-state index in [1.807, 2.05) is 0 Å². The molecule has 2 saturated heterocycles. The number of ether oxygens (including phenoxy) is 1. The van der Waals surface area contributed by atoms with Crippen LogP contribution >= 0.6 is 7.82 Å². The van der Waals surface area contributed by atoms with Gasteiger partial charge < -0.3 is 24.5 Å². The van der Waals surface area contributed by atoms with Gasteiger partial charge in [0, 0.05) is 12.6 Å². The molecule has 3 heterocycles. The van der Waals surface area contributed by atoms with Gasteiger partial charge >= 0.3 is 21.2 Å². The lowest BCUT2D eigenvalue weighted by molar-refractivity contribution is -0.0461. The Hall–Kier alpha value is -1.23. The van der Waals surface area contributed by atoms with E-state index in [4.69, 9.17) is 23.9 Å². The average molecular weight is 317 g/mol. The van der Waals surface area contributed by atoms with Gasteiger partial charge in [-0.05, 0) is 6.07 Å². The van der Waals surface area contributed by atoms with Crippen molar-refractivity contribution in [3.8, 4) is 0 Å². The molecule has 0 radical (unpaired) electrons. The fraction of sp³-hybridized carbons (Fsp3) is 0.556. The summed E-state index contributed by atoms with van der Waals surface area (Å²) in [5, 5.41) is 9.30. The Kier molecular flexibility index (Phi) is 3.87. The van der Waals surface area contributed by atoms with E-state index in [2.05, 4.69) is 4.98 Å². The monoisotopic (exact) mass is 317 g/mol. The summed E-state index contributed by atoms with van der Waals surface area (Å²) in [5.41, 5.74) is 4.83. The van der Waals surface area contributed by atoms with Gasteiger partial charge in [0.15, 0.2) is 0 Å². The normalized spacial score (nSPS) is 30.6. The molecule has 2 aliphatic rings. The number of nitrogens with two attached hydrogens (primary N) is 1. The Labute approximate surface area is 119 Å². The number of hydrogen-bond acceptors (Lipinski definition) is 9. The van der Waals surface area contributed by atoms with Gasteiger partial charge in [-0.3, -0.25) is 9.09 Å². The van der Waals surface area contributed by atoms with Gasteiger partial charge in [0.1, 0.15) is 24.3 Å². The predicted molar refractivity (Wildman–Crippen MR) is 70.3 cm³/mol. The van der Waals surface area contributed by atoms with Gasteiger partial charge in [-0.15, -0.1) is 0 Å². The van der Waals surface area contributed by atoms with E-state index in [1.54, 1.807) is 0 Å². The van der Waals surface area contributed by atoms with Crippen molar-refractivity contribution >= 4 is 21.3 Å². The molecule has 0 aromatic carbocycles. The summed E-state index contributed by atoms with van der Waals surface area (Å²) in [5.74, 6) is 0.0986. The molecular weight excluding hydrogens is 304 g/mol. The number of rotatable bonds is 4. The molecule has 1 aromatic heterocycles. The van der Waals surface area contributed by atoms with E-state index in [1.165, 1.54) is 16.8 Å². The quantitative estimate of drug-likeness (QED) is 0.524. The van der Waals surface area contributed by atoms with E-state index in [-0.39, 0.29) is 26.5 Å². The summed E-state index contributed by atoms with van der Waals surface area (Å²) >= 11 is 0. The first-order valence-corrected chi connectivity index (χ1v) is 7.65. The number of aromatic nitrogens is 2. The zero-order chi connectivity index (χ0) is 15.0. The second kappa shape index (κ2) is 5.52. The maximum Gasteiger partial charge on any atom is 0.456 e. The molecule has 0 aliphatic carbocycles. The maximum atomic E-state index is 11.8. The summed E-state index contributed by atoms with van der Waals surface area (Å²) < 4.78 is 33.2. The first-order chi connectivity index (χ1) is 10.0. The van der Waals surface area contributed by atoms with Crippen LogP contribution in [0.4, 0.5) is 5.82 Å². The van der Waals surface area contributed by atoms with Crippen molar-refractivity contribution in [2.45, 2.75) is 24.9 Å². The molecule has 0 spiro atoms. The molecule has 0 unspecified atom stereocenters. The highest BCUT2D eigenvalue weighted by atomic mass is 31.2. The Morgan fingerprint density at radius 2 is 2.38 bits per heavy atom. The number of nitrogens with zero attached hydrogens (tertiary/aromatic N) is 2. The summed E-state index contributed by atoms with van der Waals surface area (Å²) in [6.07, 6.45) is -0.563. The Bertz CT molecular complexity index is 632. The molecule has 12 heteroatoms. The van der Waals surface area contributed by atoms with Crippen LogP contribution in [-0.2, 0) is 22.7 Å². The van der Waals surface area contributed by atoms with Crippen LogP contribution in [-0.4, -0.2) is 41.2 Å². The minimum atomic E-state index is -3.54. The van der Waals surface area contributed by atoms with Crippen LogP contribution in [0, 0.1) is 0 Å². The second-order valence-corrected chi connectivity index (χ2v) is 6.18. The lowest BCUT2D eigenvalue weighted by Gasteiger charge is -2.28. The van der Waals surface area contributed by atoms with Crippen LogP contribution in [0.15, 0.2) is 17.1 Å². The smallest absolute Gasteiger partial charge is 0.394 e. The molecular formula is C9H13BN3O7P. The van der Waals surface area contributed by atoms with Crippen molar-refractivity contribution in [1.29, 1.82) is 0 Å². The first kappa shape index (κ1) is 14.7. The number of anilines is 1. The summed E-state index contributed by atoms with van der Waals surface area (Å²) in [6, 6.07) is 1.45. The molecule has 2 fully saturated rings. The Balaban J connectivity index is 1.77. The summed E-state index contributed by atoms with van der Waals surface area (Å²) in [4.78, 5) is 15.4. The average Bonchev–Trinajstić information content (AvgIpc) is 2.79. The largest absolute Gasteiger partial charge is 0.456 e. The lowest BCUT2D eigenvalue weighted by atomic mass is 10.2. The maximum absolute atomic E-state index is 11.8. The fourth-order valence-electron chi connectivity index (χ4n) is 2.16. The van der Waals surface area contributed by atoms with Crippen LogP contribution in [0.1, 0.15) is 12.6 Å². The molecule has 2 aliphatic heterocycles. The number of nitrogen functional groups attached to an aromatic ring is 1. The third kappa shape index (κ3) is 2.89. The predicted octanol–water partition coefficient (Wildman–Crippen LogP) is -1.09. The Morgan fingerprint density at radius 1 is 1.62 bits per heavy atom. The number of hydrogen-bond donors (Lipinski definition) is 2. The second-order valence-electron chi connectivity index (χ2n) is 4.56. The van der Waals surface area contributed by atoms with Crippen LogP contribution in [0.3, 0.4) is 0 Å². The van der Waals surface area contributed by atoms with Crippen molar-refractivity contribution < 1.29 is 27.8 Å². The molecule has 0 saturated carbocycles. The minimum Gasteiger partial charge on any atom is -0.394 e. The molecule has 3 rings (SSSR count). The van der Waals surface area contributed by atoms with E-state index in [0.717, 1.165) is 0 Å². The standard InChI is InChI=1S/C9H13BN3O7P/c11-7-1-2-13(9(15)12-7)8-3-5(6(4-14)17-8)18-21(16)19-10-20-21/h1-2,5-6,8,10,14H,3-4H2,(H2,11,12,15)/t5-,6+,8+/m0/s1. The lowest BCUT2D eigenvalue weighted by Crippen LogP contribution is -2.30. The molecule has 0 bridgehead atoms. The topological polar surface area (TPSA) is 135 Å². The molecule has 0 amide bonds. The van der Waals surface area contributed by atoms with Crippen molar-refractivity contribution in [2.75, 3.05) is 12.3 Å². The minimum absolute atomic E-state index is 0.0978. The molecule has 3 atom stereocenters. The highest BCUT2D eigenvalue weighted by molar-refractivity contribution is 7.53. The Morgan fingerprint density at radius 3 is 2.95 bits per heavy atom. The third-order valence-electron chi connectivity index (χ3n) is 3.21. The highest BCUT2D eigenvalue weighted by Crippen LogP contribution is 2.58. The molecule has 114 valence electrons. The number of aliphatic hydroxyl groups is 1. The van der Waals surface area contributed by atoms with Crippen LogP contribution in [0.2, 0.25) is 0 Å². The fourth-order valence-corrected chi connectivity index (χ4v) is 3.11. The summed E-state index contributed by atoms with van der Waals surface area (Å²) in [6.45, 7) is -0.363. The van der Waals surface area contributed by atoms with Gasteiger partial charge in [0.25, 0.3) is 0 Å². The molecule has 21 heavy (non-hydrogen) atoms. The third-order valence-corrected chi connectivity index (χ3v) is 4.58. The SMILES string of the molecule is Nc1ccn([C@H]2C[C@H](OP3(=O)OBO3)[C@@H](CO)O2)c(=O)n1. The van der Waals surface area contributed by atoms with Gasteiger partial charge in [0.05, 0.1) is 6.61 Å². The van der Waals surface area contributed by atoms with Crippen LogP contribution in [0.25, 0.3) is 0 Å². The van der Waals surface area contributed by atoms with Crippen molar-refractivity contribution in [3.63, 3.8) is 0 Å².